The molecule has 0 aliphatic heterocycles. The number of benzene rings is 1. The lowest BCUT2D eigenvalue weighted by Crippen LogP contribution is -2.16. The third-order valence-corrected chi connectivity index (χ3v) is 3.63. The van der Waals surface area contributed by atoms with Crippen LogP contribution in [0.15, 0.2) is 17.0 Å². The van der Waals surface area contributed by atoms with E-state index in [4.69, 9.17) is 15.4 Å². The Labute approximate surface area is 125 Å². The van der Waals surface area contributed by atoms with Gasteiger partial charge in [0.05, 0.1) is 12.7 Å². The predicted molar refractivity (Wildman–Crippen MR) is 70.8 cm³/mol. The molecule has 0 fully saturated rings. The van der Waals surface area contributed by atoms with Crippen molar-refractivity contribution in [2.45, 2.75) is 24.8 Å². The summed E-state index contributed by atoms with van der Waals surface area (Å²) in [5.74, 6) is -4.16. The second-order valence-corrected chi connectivity index (χ2v) is 6.76. The van der Waals surface area contributed by atoms with E-state index in [0.29, 0.717) is 12.1 Å². The fourth-order valence-corrected chi connectivity index (χ4v) is 2.30. The van der Waals surface area contributed by atoms with Crippen molar-refractivity contribution in [3.05, 3.63) is 29.3 Å². The molecule has 0 bridgehead atoms. The molecule has 0 aliphatic carbocycles. The Balaban J connectivity index is 2.94. The summed E-state index contributed by atoms with van der Waals surface area (Å²) in [6.45, 7) is 3.33. The maximum absolute atomic E-state index is 13.9. The fraction of sp³-hybridized carbons (Fsp3) is 0.417. The van der Waals surface area contributed by atoms with Gasteiger partial charge < -0.3 is 9.47 Å². The molecule has 1 aromatic rings. The number of carbonyl (C=O) groups is 1. The van der Waals surface area contributed by atoms with Crippen molar-refractivity contribution in [2.75, 3.05) is 13.2 Å². The quantitative estimate of drug-likeness (QED) is 0.451. The average molecular weight is 343 g/mol. The van der Waals surface area contributed by atoms with Gasteiger partial charge in [-0.15, -0.1) is 0 Å². The molecular formula is C12H13ClF2O5S. The van der Waals surface area contributed by atoms with Crippen molar-refractivity contribution in [1.29, 1.82) is 0 Å². The Kier molecular flexibility index (Phi) is 6.06. The van der Waals surface area contributed by atoms with Crippen LogP contribution in [0, 0.1) is 11.6 Å². The Morgan fingerprint density at radius 1 is 1.29 bits per heavy atom. The van der Waals surface area contributed by atoms with Crippen molar-refractivity contribution in [3.8, 4) is 0 Å². The number of halogens is 3. The van der Waals surface area contributed by atoms with Gasteiger partial charge in [0.25, 0.3) is 9.05 Å². The smallest absolute Gasteiger partial charge is 0.344 e. The molecule has 0 saturated heterocycles. The predicted octanol–water partition coefficient (Wildman–Crippen LogP) is 2.47. The van der Waals surface area contributed by atoms with Crippen LogP contribution in [0.25, 0.3) is 0 Å². The molecule has 1 rings (SSSR count). The molecule has 0 saturated carbocycles. The topological polar surface area (TPSA) is 69.7 Å². The molecule has 0 radical (unpaired) electrons. The number of hydrogen-bond donors (Lipinski definition) is 0. The van der Waals surface area contributed by atoms with E-state index in [2.05, 4.69) is 4.74 Å². The first-order chi connectivity index (χ1) is 9.64. The highest BCUT2D eigenvalue weighted by Gasteiger charge is 2.26. The summed E-state index contributed by atoms with van der Waals surface area (Å²) < 4.78 is 59.3. The number of rotatable bonds is 6. The molecule has 0 aliphatic rings. The van der Waals surface area contributed by atoms with E-state index in [1.807, 2.05) is 0 Å². The van der Waals surface area contributed by atoms with Crippen LogP contribution in [0.2, 0.25) is 0 Å². The second kappa shape index (κ2) is 7.15. The standard InChI is InChI=1S/C12H13ClF2O5S/c1-7(2)19-5-6-20-12(16)10-8(14)3-4-9(11(10)15)21(13,17)18/h3-4,7H,5-6H2,1-2H3. The molecule has 0 amide bonds. The summed E-state index contributed by atoms with van der Waals surface area (Å²) in [7, 11) is 0.548. The largest absolute Gasteiger partial charge is 0.459 e. The third kappa shape index (κ3) is 4.90. The van der Waals surface area contributed by atoms with Crippen LogP contribution >= 0.6 is 10.7 Å². The number of esters is 1. The van der Waals surface area contributed by atoms with Crippen LogP contribution in [0.3, 0.4) is 0 Å². The summed E-state index contributed by atoms with van der Waals surface area (Å²) >= 11 is 0. The first-order valence-electron chi connectivity index (χ1n) is 5.86. The third-order valence-electron chi connectivity index (χ3n) is 2.29. The van der Waals surface area contributed by atoms with Crippen LogP contribution in [0.5, 0.6) is 0 Å². The minimum Gasteiger partial charge on any atom is -0.459 e. The highest BCUT2D eigenvalue weighted by molar-refractivity contribution is 8.13. The summed E-state index contributed by atoms with van der Waals surface area (Å²) in [6, 6.07) is 1.26. The van der Waals surface area contributed by atoms with Gasteiger partial charge in [-0.3, -0.25) is 0 Å². The zero-order valence-electron chi connectivity index (χ0n) is 11.2. The summed E-state index contributed by atoms with van der Waals surface area (Å²) in [5, 5.41) is 0. The molecule has 21 heavy (non-hydrogen) atoms. The van der Waals surface area contributed by atoms with E-state index in [1.54, 1.807) is 13.8 Å². The highest BCUT2D eigenvalue weighted by Crippen LogP contribution is 2.24. The lowest BCUT2D eigenvalue weighted by Gasteiger charge is -2.10. The average Bonchev–Trinajstić information content (AvgIpc) is 2.32. The molecule has 9 heteroatoms. The van der Waals surface area contributed by atoms with E-state index in [9.17, 15) is 22.0 Å². The molecule has 5 nitrogen and oxygen atoms in total. The Hall–Kier alpha value is -1.25. The maximum Gasteiger partial charge on any atom is 0.344 e. The number of ether oxygens (including phenoxy) is 2. The first kappa shape index (κ1) is 17.8. The molecule has 0 N–H and O–H groups in total. The lowest BCUT2D eigenvalue weighted by atomic mass is 10.2. The number of hydrogen-bond acceptors (Lipinski definition) is 5. The molecule has 0 heterocycles. The Morgan fingerprint density at radius 3 is 2.43 bits per heavy atom. The summed E-state index contributed by atoms with van der Waals surface area (Å²) in [6.07, 6.45) is -0.0955. The highest BCUT2D eigenvalue weighted by atomic mass is 35.7. The van der Waals surface area contributed by atoms with Crippen molar-refractivity contribution < 1.29 is 31.5 Å². The van der Waals surface area contributed by atoms with E-state index in [-0.39, 0.29) is 19.3 Å². The monoisotopic (exact) mass is 342 g/mol. The normalized spacial score (nSPS) is 11.7. The SMILES string of the molecule is CC(C)OCCOC(=O)c1c(F)ccc(S(=O)(=O)Cl)c1F. The second-order valence-electron chi connectivity index (χ2n) is 4.23. The van der Waals surface area contributed by atoms with Crippen molar-refractivity contribution in [3.63, 3.8) is 0 Å². The van der Waals surface area contributed by atoms with Gasteiger partial charge in [0.1, 0.15) is 22.9 Å². The van der Waals surface area contributed by atoms with Gasteiger partial charge >= 0.3 is 5.97 Å². The van der Waals surface area contributed by atoms with Crippen LogP contribution in [0.1, 0.15) is 24.2 Å². The van der Waals surface area contributed by atoms with Crippen LogP contribution in [0.4, 0.5) is 8.78 Å². The van der Waals surface area contributed by atoms with Gasteiger partial charge in [-0.2, -0.15) is 0 Å². The Bertz CT molecular complexity index is 631. The summed E-state index contributed by atoms with van der Waals surface area (Å²) in [4.78, 5) is 10.6. The van der Waals surface area contributed by atoms with Gasteiger partial charge in [0.15, 0.2) is 5.82 Å². The van der Waals surface area contributed by atoms with Gasteiger partial charge in [-0.05, 0) is 26.0 Å². The van der Waals surface area contributed by atoms with E-state index < -0.39 is 37.1 Å². The van der Waals surface area contributed by atoms with Gasteiger partial charge in [0.2, 0.25) is 0 Å². The molecule has 0 aromatic heterocycles. The van der Waals surface area contributed by atoms with E-state index >= 15 is 0 Å². The minimum absolute atomic E-state index is 0.0418. The van der Waals surface area contributed by atoms with E-state index in [0.717, 1.165) is 0 Å². The van der Waals surface area contributed by atoms with Crippen LogP contribution in [-0.2, 0) is 18.5 Å². The van der Waals surface area contributed by atoms with Crippen molar-refractivity contribution in [2.24, 2.45) is 0 Å². The Morgan fingerprint density at radius 2 is 1.90 bits per heavy atom. The van der Waals surface area contributed by atoms with Gasteiger partial charge in [-0.25, -0.2) is 22.0 Å². The molecule has 0 unspecified atom stereocenters. The summed E-state index contributed by atoms with van der Waals surface area (Å²) in [5.41, 5.74) is -1.11. The maximum atomic E-state index is 13.9. The van der Waals surface area contributed by atoms with Crippen LogP contribution in [-0.4, -0.2) is 33.7 Å². The lowest BCUT2D eigenvalue weighted by molar-refractivity contribution is 0.0169. The van der Waals surface area contributed by atoms with Crippen molar-refractivity contribution in [1.82, 2.24) is 0 Å². The molecule has 1 aromatic carbocycles. The number of carbonyl (C=O) groups excluding carboxylic acids is 1. The molecule has 0 atom stereocenters. The van der Waals surface area contributed by atoms with Crippen molar-refractivity contribution >= 4 is 25.7 Å². The molecular weight excluding hydrogens is 330 g/mol. The molecule has 0 spiro atoms. The minimum atomic E-state index is -4.44. The molecule has 118 valence electrons. The van der Waals surface area contributed by atoms with Crippen LogP contribution < -0.4 is 0 Å². The zero-order chi connectivity index (χ0) is 16.2. The zero-order valence-corrected chi connectivity index (χ0v) is 12.8. The first-order valence-corrected chi connectivity index (χ1v) is 8.17. The van der Waals surface area contributed by atoms with E-state index in [1.165, 1.54) is 0 Å². The van der Waals surface area contributed by atoms with Gasteiger partial charge in [0, 0.05) is 10.7 Å². The fourth-order valence-electron chi connectivity index (χ4n) is 1.40. The van der Waals surface area contributed by atoms with Gasteiger partial charge in [-0.1, -0.05) is 0 Å².